The van der Waals surface area contributed by atoms with Crippen molar-refractivity contribution in [3.8, 4) is 0 Å². The smallest absolute Gasteiger partial charge is 0.308 e. The fourth-order valence-electron chi connectivity index (χ4n) is 5.11. The number of nitrogens with zero attached hydrogens (tertiary/aromatic N) is 1. The third-order valence-electron chi connectivity index (χ3n) is 7.22. The van der Waals surface area contributed by atoms with Crippen LogP contribution in [-0.4, -0.2) is 45.3 Å². The number of hydrogen-bond donors (Lipinski definition) is 3. The van der Waals surface area contributed by atoms with Gasteiger partial charge in [-0.25, -0.2) is 0 Å². The number of aliphatic carboxylic acids is 1. The molecule has 0 saturated heterocycles. The van der Waals surface area contributed by atoms with Crippen molar-refractivity contribution in [2.24, 2.45) is 11.8 Å². The maximum atomic E-state index is 13.4. The lowest BCUT2D eigenvalue weighted by atomic mass is 9.79. The molecule has 0 spiro atoms. The number of carbonyl (C=O) groups is 4. The third-order valence-corrected chi connectivity index (χ3v) is 7.22. The molecule has 0 fully saturated rings. The zero-order valence-electron chi connectivity index (χ0n) is 19.5. The standard InChI is InChI=1S/C26H31N3O5/c1-3-15(2)22(28-24(31)17-7-5-4-6-8-17)25(32)27-19-10-9-16-11-12-29-14-18(26(33)34)13-20(30)21(19)23(16)29/h4-8,11-12,15,18-19,21-22H,3,9-10,13-14H2,1-2H3,(H,27,32)(H,28,31)(H,33,34)/t15?,18-,19-,21?,22?/m0/s1. The quantitative estimate of drug-likeness (QED) is 0.581. The molecule has 3 N–H and O–H groups in total. The van der Waals surface area contributed by atoms with Crippen LogP contribution >= 0.6 is 0 Å². The largest absolute Gasteiger partial charge is 0.481 e. The lowest BCUT2D eigenvalue weighted by molar-refractivity contribution is -0.144. The predicted octanol–water partition coefficient (Wildman–Crippen LogP) is 2.52. The maximum Gasteiger partial charge on any atom is 0.308 e. The highest BCUT2D eigenvalue weighted by Crippen LogP contribution is 2.38. The van der Waals surface area contributed by atoms with Crippen molar-refractivity contribution in [1.29, 1.82) is 0 Å². The topological polar surface area (TPSA) is 118 Å². The van der Waals surface area contributed by atoms with Crippen molar-refractivity contribution >= 4 is 23.6 Å². The second-order valence-electron chi connectivity index (χ2n) is 9.42. The summed E-state index contributed by atoms with van der Waals surface area (Å²) in [6, 6.07) is 9.49. The first-order valence-corrected chi connectivity index (χ1v) is 11.9. The van der Waals surface area contributed by atoms with Crippen LogP contribution in [-0.2, 0) is 27.3 Å². The molecule has 0 bridgehead atoms. The van der Waals surface area contributed by atoms with Crippen LogP contribution in [0.4, 0.5) is 0 Å². The van der Waals surface area contributed by atoms with E-state index in [1.165, 1.54) is 0 Å². The van der Waals surface area contributed by atoms with Crippen LogP contribution < -0.4 is 10.6 Å². The van der Waals surface area contributed by atoms with E-state index < -0.39 is 29.9 Å². The summed E-state index contributed by atoms with van der Waals surface area (Å²) >= 11 is 0. The Morgan fingerprint density at radius 1 is 1.18 bits per heavy atom. The summed E-state index contributed by atoms with van der Waals surface area (Å²) in [6.45, 7) is 4.12. The van der Waals surface area contributed by atoms with Gasteiger partial charge < -0.3 is 20.3 Å². The Labute approximate surface area is 198 Å². The van der Waals surface area contributed by atoms with Crippen molar-refractivity contribution in [2.45, 2.75) is 64.1 Å². The Morgan fingerprint density at radius 3 is 2.59 bits per heavy atom. The van der Waals surface area contributed by atoms with Gasteiger partial charge in [0.2, 0.25) is 5.91 Å². The molecule has 2 heterocycles. The first-order chi connectivity index (χ1) is 16.3. The normalized spacial score (nSPS) is 23.2. The molecular weight excluding hydrogens is 434 g/mol. The summed E-state index contributed by atoms with van der Waals surface area (Å²) in [5.41, 5.74) is 2.33. The van der Waals surface area contributed by atoms with Gasteiger partial charge in [-0.3, -0.25) is 19.2 Å². The van der Waals surface area contributed by atoms with Gasteiger partial charge in [0.15, 0.2) is 0 Å². The van der Waals surface area contributed by atoms with Crippen LogP contribution in [0, 0.1) is 11.8 Å². The minimum atomic E-state index is -0.990. The molecule has 4 rings (SSSR count). The van der Waals surface area contributed by atoms with Gasteiger partial charge in [-0.15, -0.1) is 0 Å². The fourth-order valence-corrected chi connectivity index (χ4v) is 5.11. The van der Waals surface area contributed by atoms with Crippen LogP contribution in [0.25, 0.3) is 0 Å². The molecule has 180 valence electrons. The molecule has 2 aromatic rings. The first kappa shape index (κ1) is 23.7. The van der Waals surface area contributed by atoms with Gasteiger partial charge in [-0.05, 0) is 42.5 Å². The van der Waals surface area contributed by atoms with Gasteiger partial charge in [0.1, 0.15) is 11.8 Å². The van der Waals surface area contributed by atoms with Gasteiger partial charge >= 0.3 is 5.97 Å². The number of ketones is 1. The molecule has 3 unspecified atom stereocenters. The van der Waals surface area contributed by atoms with E-state index in [0.29, 0.717) is 24.8 Å². The summed E-state index contributed by atoms with van der Waals surface area (Å²) in [4.78, 5) is 51.1. The first-order valence-electron chi connectivity index (χ1n) is 11.9. The Bertz CT molecular complexity index is 1090. The van der Waals surface area contributed by atoms with E-state index in [-0.39, 0.29) is 36.5 Å². The average molecular weight is 466 g/mol. The molecule has 0 saturated carbocycles. The summed E-state index contributed by atoms with van der Waals surface area (Å²) in [7, 11) is 0. The average Bonchev–Trinajstić information content (AvgIpc) is 3.16. The van der Waals surface area contributed by atoms with E-state index in [4.69, 9.17) is 0 Å². The summed E-state index contributed by atoms with van der Waals surface area (Å²) in [5, 5.41) is 15.5. The van der Waals surface area contributed by atoms with Crippen LogP contribution in [0.1, 0.15) is 60.6 Å². The molecule has 1 aromatic heterocycles. The third kappa shape index (κ3) is 4.62. The van der Waals surface area contributed by atoms with Crippen molar-refractivity contribution in [1.82, 2.24) is 15.2 Å². The number of amides is 2. The second kappa shape index (κ2) is 9.83. The zero-order valence-corrected chi connectivity index (χ0v) is 19.5. The molecule has 8 nitrogen and oxygen atoms in total. The monoisotopic (exact) mass is 465 g/mol. The molecule has 34 heavy (non-hydrogen) atoms. The number of carboxylic acids is 1. The molecule has 1 aliphatic carbocycles. The van der Waals surface area contributed by atoms with Crippen LogP contribution in [0.2, 0.25) is 0 Å². The van der Waals surface area contributed by atoms with E-state index in [1.54, 1.807) is 24.3 Å². The summed E-state index contributed by atoms with van der Waals surface area (Å²) in [6.07, 6.45) is 3.74. The number of aromatic nitrogens is 1. The minimum absolute atomic E-state index is 0.0625. The number of rotatable bonds is 7. The zero-order chi connectivity index (χ0) is 24.4. The van der Waals surface area contributed by atoms with Gasteiger partial charge in [0.05, 0.1) is 11.8 Å². The molecule has 2 amide bonds. The van der Waals surface area contributed by atoms with Crippen molar-refractivity contribution in [2.75, 3.05) is 0 Å². The van der Waals surface area contributed by atoms with Crippen LogP contribution in [0.15, 0.2) is 42.6 Å². The Hall–Kier alpha value is -3.42. The van der Waals surface area contributed by atoms with Gasteiger partial charge in [0.25, 0.3) is 5.91 Å². The Morgan fingerprint density at radius 2 is 1.91 bits per heavy atom. The Balaban J connectivity index is 1.56. The highest BCUT2D eigenvalue weighted by atomic mass is 16.4. The molecule has 5 atom stereocenters. The lowest BCUT2D eigenvalue weighted by Gasteiger charge is -2.34. The lowest BCUT2D eigenvalue weighted by Crippen LogP contribution is -2.55. The fraction of sp³-hybridized carbons (Fsp3) is 0.462. The highest BCUT2D eigenvalue weighted by Gasteiger charge is 2.43. The second-order valence-corrected chi connectivity index (χ2v) is 9.42. The van der Waals surface area contributed by atoms with Crippen LogP contribution in [0.3, 0.4) is 0 Å². The van der Waals surface area contributed by atoms with E-state index in [2.05, 4.69) is 10.6 Å². The molecular formula is C26H31N3O5. The number of benzene rings is 1. The minimum Gasteiger partial charge on any atom is -0.481 e. The maximum absolute atomic E-state index is 13.4. The summed E-state index contributed by atoms with van der Waals surface area (Å²) < 4.78 is 1.87. The van der Waals surface area contributed by atoms with Crippen molar-refractivity contribution in [3.05, 3.63) is 59.4 Å². The SMILES string of the molecule is CCC(C)C(NC(=O)c1ccccc1)C(=O)N[C@H]1CCc2ccn3c2C1C(=O)C[C@H](C(=O)O)C3. The predicted molar refractivity (Wildman–Crippen MR) is 125 cm³/mol. The van der Waals surface area contributed by atoms with Crippen LogP contribution in [0.5, 0.6) is 0 Å². The van der Waals surface area contributed by atoms with E-state index in [9.17, 15) is 24.3 Å². The molecule has 8 heteroatoms. The highest BCUT2D eigenvalue weighted by molar-refractivity contribution is 5.98. The number of Topliss-reactive ketones (excluding diaryl/α,β-unsaturated/α-hetero) is 1. The van der Waals surface area contributed by atoms with Crippen molar-refractivity contribution < 1.29 is 24.3 Å². The molecule has 1 aliphatic heterocycles. The number of carbonyl (C=O) groups excluding carboxylic acids is 3. The van der Waals surface area contributed by atoms with Crippen molar-refractivity contribution in [3.63, 3.8) is 0 Å². The van der Waals surface area contributed by atoms with Gasteiger partial charge in [-0.1, -0.05) is 38.5 Å². The molecule has 1 aromatic carbocycles. The number of hydrogen-bond acceptors (Lipinski definition) is 4. The van der Waals surface area contributed by atoms with Gasteiger partial charge in [-0.2, -0.15) is 0 Å². The number of carboxylic acid groups (broad SMARTS) is 1. The van der Waals surface area contributed by atoms with E-state index in [0.717, 1.165) is 11.3 Å². The number of nitrogens with one attached hydrogen (secondary N) is 2. The van der Waals surface area contributed by atoms with Gasteiger partial charge in [0, 0.05) is 36.5 Å². The number of aryl methyl sites for hydroxylation is 1. The van der Waals surface area contributed by atoms with E-state index in [1.807, 2.05) is 36.7 Å². The summed E-state index contributed by atoms with van der Waals surface area (Å²) in [5.74, 6) is -3.29. The van der Waals surface area contributed by atoms with E-state index >= 15 is 0 Å². The molecule has 2 aliphatic rings. The Kier molecular flexibility index (Phi) is 6.86. The molecule has 0 radical (unpaired) electrons.